The molecule has 3 aromatic rings. The third-order valence-electron chi connectivity index (χ3n) is 5.10. The number of nitrogens with zero attached hydrogens (tertiary/aromatic N) is 5. The van der Waals surface area contributed by atoms with Crippen LogP contribution in [0.15, 0.2) is 36.7 Å². The Kier molecular flexibility index (Phi) is 5.10. The number of aromatic nitrogens is 4. The van der Waals surface area contributed by atoms with E-state index in [-0.39, 0.29) is 11.8 Å². The van der Waals surface area contributed by atoms with Crippen LogP contribution in [0, 0.1) is 12.8 Å². The fourth-order valence-corrected chi connectivity index (χ4v) is 3.61. The van der Waals surface area contributed by atoms with Gasteiger partial charge in [0.15, 0.2) is 0 Å². The molecule has 1 unspecified atom stereocenters. The molecule has 0 spiro atoms. The van der Waals surface area contributed by atoms with Crippen molar-refractivity contribution in [3.8, 4) is 5.75 Å². The zero-order valence-corrected chi connectivity index (χ0v) is 16.1. The van der Waals surface area contributed by atoms with Crippen molar-refractivity contribution in [2.75, 3.05) is 25.1 Å². The summed E-state index contributed by atoms with van der Waals surface area (Å²) in [6.07, 6.45) is 3.35. The average Bonchev–Trinajstić information content (AvgIpc) is 3.20. The molecule has 1 fully saturated rings. The molecule has 0 bridgehead atoms. The summed E-state index contributed by atoms with van der Waals surface area (Å²) < 4.78 is 6.91. The normalized spacial score (nSPS) is 16.9. The van der Waals surface area contributed by atoms with Gasteiger partial charge in [-0.25, -0.2) is 4.98 Å². The van der Waals surface area contributed by atoms with Gasteiger partial charge in [0.2, 0.25) is 5.91 Å². The molecule has 0 radical (unpaired) electrons. The van der Waals surface area contributed by atoms with Crippen LogP contribution >= 0.6 is 0 Å². The van der Waals surface area contributed by atoms with Crippen molar-refractivity contribution in [2.45, 2.75) is 26.3 Å². The molecule has 28 heavy (non-hydrogen) atoms. The molecule has 1 aliphatic rings. The number of hydrogen-bond acceptors (Lipinski definition) is 6. The molecule has 3 heterocycles. The maximum absolute atomic E-state index is 12.7. The number of hydrogen-bond donors (Lipinski definition) is 1. The summed E-state index contributed by atoms with van der Waals surface area (Å²) in [5.74, 6) is 2.36. The fraction of sp³-hybridized carbons (Fsp3) is 0.400. The number of fused-ring (bicyclic) bond motifs is 1. The monoisotopic (exact) mass is 380 g/mol. The first-order chi connectivity index (χ1) is 13.6. The maximum Gasteiger partial charge on any atom is 0.254 e. The van der Waals surface area contributed by atoms with Gasteiger partial charge in [0, 0.05) is 31.4 Å². The lowest BCUT2D eigenvalue weighted by Crippen LogP contribution is -2.43. The summed E-state index contributed by atoms with van der Waals surface area (Å²) >= 11 is 0. The van der Waals surface area contributed by atoms with Crippen LogP contribution in [0.4, 0.5) is 5.82 Å². The molecular weight excluding hydrogens is 356 g/mol. The first kappa shape index (κ1) is 18.2. The number of piperidine rings is 1. The lowest BCUT2D eigenvalue weighted by Gasteiger charge is -2.33. The minimum Gasteiger partial charge on any atom is -0.497 e. The van der Waals surface area contributed by atoms with E-state index < -0.39 is 0 Å². The SMILES string of the molecule is COc1ccc(CNC(=O)C2CCCN(c3cc(C)nc4ncnn34)C2)cc1. The van der Waals surface area contributed by atoms with Gasteiger partial charge in [0.1, 0.15) is 17.9 Å². The van der Waals surface area contributed by atoms with Crippen LogP contribution in [0.25, 0.3) is 5.78 Å². The topological polar surface area (TPSA) is 84.6 Å². The maximum atomic E-state index is 12.7. The van der Waals surface area contributed by atoms with Gasteiger partial charge >= 0.3 is 0 Å². The molecule has 8 heteroatoms. The first-order valence-corrected chi connectivity index (χ1v) is 9.47. The average molecular weight is 380 g/mol. The van der Waals surface area contributed by atoms with Crippen LogP contribution in [0.3, 0.4) is 0 Å². The number of carbonyl (C=O) groups is 1. The number of nitrogens with one attached hydrogen (secondary N) is 1. The lowest BCUT2D eigenvalue weighted by atomic mass is 9.97. The van der Waals surface area contributed by atoms with Crippen LogP contribution < -0.4 is 15.0 Å². The van der Waals surface area contributed by atoms with E-state index in [2.05, 4.69) is 25.3 Å². The van der Waals surface area contributed by atoms with Crippen molar-refractivity contribution < 1.29 is 9.53 Å². The Balaban J connectivity index is 1.42. The summed E-state index contributed by atoms with van der Waals surface area (Å²) in [5.41, 5.74) is 1.94. The van der Waals surface area contributed by atoms with E-state index in [1.54, 1.807) is 11.6 Å². The smallest absolute Gasteiger partial charge is 0.254 e. The molecule has 1 atom stereocenters. The Bertz CT molecular complexity index is 968. The zero-order chi connectivity index (χ0) is 19.5. The van der Waals surface area contributed by atoms with Crippen molar-refractivity contribution in [1.29, 1.82) is 0 Å². The summed E-state index contributed by atoms with van der Waals surface area (Å²) in [4.78, 5) is 23.5. The molecular formula is C20H24N6O2. The van der Waals surface area contributed by atoms with Crippen LogP contribution in [0.5, 0.6) is 5.75 Å². The molecule has 4 rings (SSSR count). The second-order valence-corrected chi connectivity index (χ2v) is 7.08. The third kappa shape index (κ3) is 3.76. The molecule has 0 aliphatic carbocycles. The molecule has 1 aromatic carbocycles. The van der Waals surface area contributed by atoms with Crippen LogP contribution in [-0.4, -0.2) is 45.7 Å². The van der Waals surface area contributed by atoms with Gasteiger partial charge in [-0.2, -0.15) is 14.6 Å². The Labute approximate surface area is 163 Å². The summed E-state index contributed by atoms with van der Waals surface area (Å²) in [5, 5.41) is 7.35. The van der Waals surface area contributed by atoms with E-state index in [9.17, 15) is 4.79 Å². The number of ether oxygens (including phenoxy) is 1. The number of anilines is 1. The van der Waals surface area contributed by atoms with Crippen molar-refractivity contribution in [3.63, 3.8) is 0 Å². The van der Waals surface area contributed by atoms with Gasteiger partial charge in [-0.15, -0.1) is 0 Å². The molecule has 0 saturated carbocycles. The molecule has 2 aromatic heterocycles. The highest BCUT2D eigenvalue weighted by molar-refractivity contribution is 5.79. The standard InChI is InChI=1S/C20H24N6O2/c1-14-10-18(26-20(24-14)22-13-23-26)25-9-3-4-16(12-25)19(27)21-11-15-5-7-17(28-2)8-6-15/h5-8,10,13,16H,3-4,9,11-12H2,1-2H3,(H,21,27). The highest BCUT2D eigenvalue weighted by Gasteiger charge is 2.27. The van der Waals surface area contributed by atoms with E-state index in [1.807, 2.05) is 37.3 Å². The van der Waals surface area contributed by atoms with Crippen molar-refractivity contribution in [3.05, 3.63) is 47.9 Å². The number of aryl methyl sites for hydroxylation is 1. The largest absolute Gasteiger partial charge is 0.497 e. The Hall–Kier alpha value is -3.16. The van der Waals surface area contributed by atoms with Crippen LogP contribution in [-0.2, 0) is 11.3 Å². The number of methoxy groups -OCH3 is 1. The van der Waals surface area contributed by atoms with Gasteiger partial charge in [-0.3, -0.25) is 4.79 Å². The molecule has 1 N–H and O–H groups in total. The second kappa shape index (κ2) is 7.84. The molecule has 1 saturated heterocycles. The molecule has 8 nitrogen and oxygen atoms in total. The fourth-order valence-electron chi connectivity index (χ4n) is 3.61. The highest BCUT2D eigenvalue weighted by Crippen LogP contribution is 2.24. The van der Waals surface area contributed by atoms with Gasteiger partial charge in [0.25, 0.3) is 5.78 Å². The Morgan fingerprint density at radius 3 is 2.93 bits per heavy atom. The number of rotatable bonds is 5. The minimum absolute atomic E-state index is 0.0564. The number of amides is 1. The second-order valence-electron chi connectivity index (χ2n) is 7.08. The van der Waals surface area contributed by atoms with Gasteiger partial charge < -0.3 is 15.0 Å². The Morgan fingerprint density at radius 1 is 1.32 bits per heavy atom. The lowest BCUT2D eigenvalue weighted by molar-refractivity contribution is -0.125. The van der Waals surface area contributed by atoms with Crippen LogP contribution in [0.2, 0.25) is 0 Å². The van der Waals surface area contributed by atoms with E-state index in [4.69, 9.17) is 4.74 Å². The van der Waals surface area contributed by atoms with Gasteiger partial charge in [-0.05, 0) is 37.5 Å². The van der Waals surface area contributed by atoms with E-state index >= 15 is 0 Å². The summed E-state index contributed by atoms with van der Waals surface area (Å²) in [6.45, 7) is 4.01. The quantitative estimate of drug-likeness (QED) is 0.729. The van der Waals surface area contributed by atoms with E-state index in [0.717, 1.165) is 42.2 Å². The van der Waals surface area contributed by atoms with Crippen molar-refractivity contribution in [1.82, 2.24) is 24.9 Å². The van der Waals surface area contributed by atoms with E-state index in [1.165, 1.54) is 6.33 Å². The van der Waals surface area contributed by atoms with Gasteiger partial charge in [0.05, 0.1) is 13.0 Å². The van der Waals surface area contributed by atoms with Gasteiger partial charge in [-0.1, -0.05) is 12.1 Å². The number of benzene rings is 1. The zero-order valence-electron chi connectivity index (χ0n) is 16.1. The third-order valence-corrected chi connectivity index (χ3v) is 5.10. The number of carbonyl (C=O) groups excluding carboxylic acids is 1. The first-order valence-electron chi connectivity index (χ1n) is 9.47. The van der Waals surface area contributed by atoms with Crippen molar-refractivity contribution >= 4 is 17.5 Å². The molecule has 1 aliphatic heterocycles. The summed E-state index contributed by atoms with van der Waals surface area (Å²) in [7, 11) is 1.64. The highest BCUT2D eigenvalue weighted by atomic mass is 16.5. The summed E-state index contributed by atoms with van der Waals surface area (Å²) in [6, 6.07) is 9.73. The van der Waals surface area contributed by atoms with Crippen LogP contribution in [0.1, 0.15) is 24.1 Å². The van der Waals surface area contributed by atoms with Crippen molar-refractivity contribution in [2.24, 2.45) is 5.92 Å². The predicted octanol–water partition coefficient (Wildman–Crippen LogP) is 1.97. The Morgan fingerprint density at radius 2 is 2.14 bits per heavy atom. The predicted molar refractivity (Wildman–Crippen MR) is 105 cm³/mol. The van der Waals surface area contributed by atoms with E-state index in [0.29, 0.717) is 18.9 Å². The minimum atomic E-state index is -0.0564. The molecule has 146 valence electrons. The molecule has 1 amide bonds.